The number of hydrogen-bond donors (Lipinski definition) is 0. The zero-order valence-electron chi connectivity index (χ0n) is 44.0. The van der Waals surface area contributed by atoms with Gasteiger partial charge in [0.05, 0.1) is 12.5 Å². The molecular formula is C54H102N2O11. The molecule has 1 unspecified atom stereocenters. The van der Waals surface area contributed by atoms with Crippen molar-refractivity contribution in [1.29, 1.82) is 0 Å². The van der Waals surface area contributed by atoms with Gasteiger partial charge in [0, 0.05) is 45.3 Å². The highest BCUT2D eigenvalue weighted by atomic mass is 16.7. The molecule has 0 saturated carbocycles. The van der Waals surface area contributed by atoms with Crippen LogP contribution in [0.5, 0.6) is 0 Å². The molecule has 0 bridgehead atoms. The van der Waals surface area contributed by atoms with Crippen molar-refractivity contribution in [3.8, 4) is 0 Å². The molecular weight excluding hydrogens is 853 g/mol. The standard InChI is InChI=1S/C54H102N2O11/c1-7-10-13-16-19-20-25-33-43-62-50(57)36-31-26-32-38-52(59)65-46-48(47-66-54(61)63-44-42-56(6)41-40-55(4)5)45-64-51(58)37-29-23-24-30-39-53(60)67-49(34-27-21-17-14-11-8-2)35-28-22-18-15-12-9-3/h48-49H,7-47H2,1-6H3. The number of carbonyl (C=O) groups excluding carboxylic acids is 5. The first-order valence-electron chi connectivity index (χ1n) is 27.3. The lowest BCUT2D eigenvalue weighted by atomic mass is 10.0. The van der Waals surface area contributed by atoms with E-state index in [2.05, 4.69) is 30.6 Å². The molecule has 0 aromatic carbocycles. The summed E-state index contributed by atoms with van der Waals surface area (Å²) in [5.74, 6) is -1.69. The third-order valence-electron chi connectivity index (χ3n) is 12.1. The van der Waals surface area contributed by atoms with Crippen LogP contribution < -0.4 is 0 Å². The van der Waals surface area contributed by atoms with E-state index >= 15 is 0 Å². The summed E-state index contributed by atoms with van der Waals surface area (Å²) in [6, 6.07) is 0. The number of nitrogens with zero attached hydrogens (tertiary/aromatic N) is 2. The zero-order valence-corrected chi connectivity index (χ0v) is 44.0. The highest BCUT2D eigenvalue weighted by Gasteiger charge is 2.19. The van der Waals surface area contributed by atoms with E-state index in [1.165, 1.54) is 103 Å². The Morgan fingerprint density at radius 2 is 0.761 bits per heavy atom. The minimum atomic E-state index is -0.838. The summed E-state index contributed by atoms with van der Waals surface area (Å²) >= 11 is 0. The summed E-state index contributed by atoms with van der Waals surface area (Å²) in [6.45, 7) is 9.23. The summed E-state index contributed by atoms with van der Waals surface area (Å²) in [7, 11) is 5.95. The van der Waals surface area contributed by atoms with Crippen molar-refractivity contribution in [2.75, 3.05) is 73.8 Å². The summed E-state index contributed by atoms with van der Waals surface area (Å²) < 4.78 is 33.0. The van der Waals surface area contributed by atoms with Crippen molar-refractivity contribution in [1.82, 2.24) is 9.80 Å². The second kappa shape index (κ2) is 48.1. The third-order valence-corrected chi connectivity index (χ3v) is 12.1. The lowest BCUT2D eigenvalue weighted by Gasteiger charge is -2.19. The lowest BCUT2D eigenvalue weighted by Crippen LogP contribution is -2.32. The number of likely N-dealkylation sites (N-methyl/N-ethyl adjacent to an activating group) is 2. The van der Waals surface area contributed by atoms with Gasteiger partial charge < -0.3 is 38.2 Å². The van der Waals surface area contributed by atoms with Crippen LogP contribution in [-0.2, 0) is 47.6 Å². The quantitative estimate of drug-likeness (QED) is 0.0324. The van der Waals surface area contributed by atoms with Gasteiger partial charge in [-0.05, 0) is 78.9 Å². The summed E-state index contributed by atoms with van der Waals surface area (Å²) in [4.78, 5) is 66.8. The third kappa shape index (κ3) is 46.6. The van der Waals surface area contributed by atoms with E-state index in [0.29, 0.717) is 58.1 Å². The van der Waals surface area contributed by atoms with E-state index in [-0.39, 0.29) is 63.3 Å². The van der Waals surface area contributed by atoms with Crippen LogP contribution in [0.4, 0.5) is 4.79 Å². The fourth-order valence-electron chi connectivity index (χ4n) is 7.62. The SMILES string of the molecule is CCCCCCCCCCOC(=O)CCCCCC(=O)OCC(COC(=O)CCCCCCC(=O)OC(CCCCCCCC)CCCCCCCC)COC(=O)OCCN(C)CCN(C)C. The first-order chi connectivity index (χ1) is 32.5. The largest absolute Gasteiger partial charge is 0.508 e. The zero-order chi connectivity index (χ0) is 49.4. The Kier molecular flexibility index (Phi) is 46.0. The lowest BCUT2D eigenvalue weighted by molar-refractivity contribution is -0.151. The monoisotopic (exact) mass is 955 g/mol. The van der Waals surface area contributed by atoms with Gasteiger partial charge in [-0.1, -0.05) is 149 Å². The van der Waals surface area contributed by atoms with Gasteiger partial charge >= 0.3 is 30.0 Å². The maximum absolute atomic E-state index is 12.8. The second-order valence-electron chi connectivity index (χ2n) is 19.1. The van der Waals surface area contributed by atoms with Gasteiger partial charge in [0.2, 0.25) is 0 Å². The predicted molar refractivity (Wildman–Crippen MR) is 269 cm³/mol. The van der Waals surface area contributed by atoms with Crippen LogP contribution in [0.2, 0.25) is 0 Å². The van der Waals surface area contributed by atoms with Crippen LogP contribution >= 0.6 is 0 Å². The molecule has 0 saturated heterocycles. The molecule has 0 aromatic heterocycles. The van der Waals surface area contributed by atoms with Crippen molar-refractivity contribution < 1.29 is 52.4 Å². The predicted octanol–water partition coefficient (Wildman–Crippen LogP) is 12.7. The molecule has 0 radical (unpaired) electrons. The van der Waals surface area contributed by atoms with E-state index < -0.39 is 18.0 Å². The number of unbranched alkanes of at least 4 members (excludes halogenated alkanes) is 22. The number of esters is 4. The minimum Gasteiger partial charge on any atom is -0.466 e. The first-order valence-corrected chi connectivity index (χ1v) is 27.3. The van der Waals surface area contributed by atoms with E-state index in [1.54, 1.807) is 0 Å². The topological polar surface area (TPSA) is 147 Å². The molecule has 13 heteroatoms. The minimum absolute atomic E-state index is 0.0100. The van der Waals surface area contributed by atoms with Gasteiger partial charge in [-0.3, -0.25) is 19.2 Å². The van der Waals surface area contributed by atoms with E-state index in [4.69, 9.17) is 28.4 Å². The Hall–Kier alpha value is -2.93. The van der Waals surface area contributed by atoms with Gasteiger partial charge in [-0.25, -0.2) is 4.79 Å². The summed E-state index contributed by atoms with van der Waals surface area (Å²) in [5, 5.41) is 0. The normalized spacial score (nSPS) is 11.8. The van der Waals surface area contributed by atoms with Crippen LogP contribution in [0.3, 0.4) is 0 Å². The highest BCUT2D eigenvalue weighted by molar-refractivity contribution is 5.70. The van der Waals surface area contributed by atoms with Crippen molar-refractivity contribution in [2.45, 2.75) is 239 Å². The highest BCUT2D eigenvalue weighted by Crippen LogP contribution is 2.19. The maximum atomic E-state index is 12.8. The van der Waals surface area contributed by atoms with E-state index in [1.807, 2.05) is 21.1 Å². The molecule has 0 N–H and O–H groups in total. The number of ether oxygens (including phenoxy) is 6. The van der Waals surface area contributed by atoms with Gasteiger partial charge in [0.15, 0.2) is 0 Å². The number of carbonyl (C=O) groups is 5. The molecule has 0 rings (SSSR count). The van der Waals surface area contributed by atoms with Gasteiger partial charge in [-0.15, -0.1) is 0 Å². The molecule has 0 aliphatic rings. The molecule has 0 aliphatic carbocycles. The molecule has 67 heavy (non-hydrogen) atoms. The van der Waals surface area contributed by atoms with E-state index in [0.717, 1.165) is 64.5 Å². The molecule has 0 aliphatic heterocycles. The smallest absolute Gasteiger partial charge is 0.466 e. The number of hydrogen-bond acceptors (Lipinski definition) is 13. The molecule has 0 heterocycles. The Morgan fingerprint density at radius 3 is 1.24 bits per heavy atom. The second-order valence-corrected chi connectivity index (χ2v) is 19.1. The van der Waals surface area contributed by atoms with Crippen LogP contribution in [0.1, 0.15) is 233 Å². The fraction of sp³-hybridized carbons (Fsp3) is 0.907. The average molecular weight is 955 g/mol. The molecule has 1 atom stereocenters. The van der Waals surface area contributed by atoms with Crippen LogP contribution in [0.25, 0.3) is 0 Å². The van der Waals surface area contributed by atoms with Gasteiger partial charge in [-0.2, -0.15) is 0 Å². The maximum Gasteiger partial charge on any atom is 0.508 e. The summed E-state index contributed by atoms with van der Waals surface area (Å²) in [5.41, 5.74) is 0. The van der Waals surface area contributed by atoms with Gasteiger partial charge in [0.1, 0.15) is 32.5 Å². The van der Waals surface area contributed by atoms with Crippen LogP contribution in [0.15, 0.2) is 0 Å². The molecule has 0 spiro atoms. The van der Waals surface area contributed by atoms with Crippen LogP contribution in [-0.4, -0.2) is 120 Å². The van der Waals surface area contributed by atoms with Crippen molar-refractivity contribution in [2.24, 2.45) is 5.92 Å². The Labute approximate surface area is 409 Å². The Morgan fingerprint density at radius 1 is 0.373 bits per heavy atom. The molecule has 0 fully saturated rings. The molecule has 13 nitrogen and oxygen atoms in total. The first kappa shape index (κ1) is 64.1. The van der Waals surface area contributed by atoms with Crippen molar-refractivity contribution in [3.63, 3.8) is 0 Å². The summed E-state index contributed by atoms with van der Waals surface area (Å²) in [6.07, 6.45) is 31.2. The Bertz CT molecular complexity index is 1170. The number of rotatable bonds is 49. The van der Waals surface area contributed by atoms with Crippen LogP contribution in [0, 0.1) is 5.92 Å². The Balaban J connectivity index is 4.69. The van der Waals surface area contributed by atoms with Crippen molar-refractivity contribution in [3.05, 3.63) is 0 Å². The van der Waals surface area contributed by atoms with Gasteiger partial charge in [0.25, 0.3) is 0 Å². The van der Waals surface area contributed by atoms with Crippen molar-refractivity contribution >= 4 is 30.0 Å². The molecule has 0 aromatic rings. The van der Waals surface area contributed by atoms with E-state index in [9.17, 15) is 24.0 Å². The molecule has 0 amide bonds. The molecule has 394 valence electrons. The average Bonchev–Trinajstić information content (AvgIpc) is 3.30. The fourth-order valence-corrected chi connectivity index (χ4v) is 7.62.